The summed E-state index contributed by atoms with van der Waals surface area (Å²) in [5, 5.41) is 3.75. The summed E-state index contributed by atoms with van der Waals surface area (Å²) < 4.78 is 5.18. The molecule has 0 aliphatic heterocycles. The van der Waals surface area contributed by atoms with Gasteiger partial charge in [0.25, 0.3) is 0 Å². The van der Waals surface area contributed by atoms with Gasteiger partial charge in [-0.05, 0) is 12.0 Å². The summed E-state index contributed by atoms with van der Waals surface area (Å²) in [4.78, 5) is 0. The Bertz CT molecular complexity index is 433. The molecule has 0 spiro atoms. The molecular formula is C12H12ClNO. The van der Waals surface area contributed by atoms with Crippen molar-refractivity contribution in [1.82, 2.24) is 5.16 Å². The summed E-state index contributed by atoms with van der Waals surface area (Å²) in [5.74, 6) is 1.20. The molecule has 1 heterocycles. The van der Waals surface area contributed by atoms with Crippen LogP contribution in [0.5, 0.6) is 0 Å². The number of alkyl halides is 1. The zero-order valence-electron chi connectivity index (χ0n) is 8.53. The molecule has 0 N–H and O–H groups in total. The maximum atomic E-state index is 5.78. The van der Waals surface area contributed by atoms with E-state index in [0.717, 1.165) is 23.3 Å². The summed E-state index contributed by atoms with van der Waals surface area (Å²) >= 11 is 5.78. The van der Waals surface area contributed by atoms with E-state index in [4.69, 9.17) is 16.1 Å². The fraction of sp³-hybridized carbons (Fsp3) is 0.250. The molecule has 0 saturated heterocycles. The summed E-state index contributed by atoms with van der Waals surface area (Å²) in [6, 6.07) is 8.26. The van der Waals surface area contributed by atoms with Crippen LogP contribution in [0.1, 0.15) is 18.1 Å². The molecule has 0 amide bonds. The Morgan fingerprint density at radius 2 is 2.00 bits per heavy atom. The van der Waals surface area contributed by atoms with Crippen molar-refractivity contribution in [3.8, 4) is 11.3 Å². The first-order chi connectivity index (χ1) is 7.35. The molecule has 0 aliphatic rings. The van der Waals surface area contributed by atoms with Gasteiger partial charge in [0.15, 0.2) is 5.76 Å². The van der Waals surface area contributed by atoms with Crippen LogP contribution in [-0.4, -0.2) is 5.16 Å². The van der Waals surface area contributed by atoms with Gasteiger partial charge in [-0.1, -0.05) is 36.3 Å². The molecule has 1 aromatic carbocycles. The Labute approximate surface area is 93.9 Å². The predicted octanol–water partition coefficient (Wildman–Crippen LogP) is 3.64. The van der Waals surface area contributed by atoms with Gasteiger partial charge in [-0.2, -0.15) is 0 Å². The maximum Gasteiger partial charge on any atom is 0.171 e. The first kappa shape index (κ1) is 10.2. The van der Waals surface area contributed by atoms with Gasteiger partial charge >= 0.3 is 0 Å². The van der Waals surface area contributed by atoms with Crippen LogP contribution in [0.15, 0.2) is 35.0 Å². The second kappa shape index (κ2) is 4.49. The Balaban J connectivity index is 2.37. The van der Waals surface area contributed by atoms with Crippen molar-refractivity contribution < 1.29 is 4.52 Å². The van der Waals surface area contributed by atoms with Gasteiger partial charge in [0.1, 0.15) is 0 Å². The van der Waals surface area contributed by atoms with E-state index in [1.54, 1.807) is 6.20 Å². The van der Waals surface area contributed by atoms with Crippen LogP contribution in [0.3, 0.4) is 0 Å². The van der Waals surface area contributed by atoms with E-state index < -0.39 is 0 Å². The minimum absolute atomic E-state index is 0.425. The Morgan fingerprint density at radius 3 is 2.60 bits per heavy atom. The minimum Gasteiger partial charge on any atom is -0.356 e. The normalized spacial score (nSPS) is 10.5. The molecule has 78 valence electrons. The standard InChI is InChI=1S/C12H12ClNO/c1-2-9-3-5-10(6-4-9)12-11(7-13)8-14-15-12/h3-6,8H,2,7H2,1H3. The predicted molar refractivity (Wildman–Crippen MR) is 60.9 cm³/mol. The van der Waals surface area contributed by atoms with Crippen molar-refractivity contribution in [1.29, 1.82) is 0 Å². The number of halogens is 1. The molecule has 0 bridgehead atoms. The molecule has 0 atom stereocenters. The SMILES string of the molecule is CCc1ccc(-c2oncc2CCl)cc1. The average Bonchev–Trinajstić information content (AvgIpc) is 2.77. The fourth-order valence-corrected chi connectivity index (χ4v) is 1.68. The van der Waals surface area contributed by atoms with Gasteiger partial charge in [-0.3, -0.25) is 0 Å². The number of hydrogen-bond donors (Lipinski definition) is 0. The average molecular weight is 222 g/mol. The molecule has 3 heteroatoms. The number of benzene rings is 1. The highest BCUT2D eigenvalue weighted by atomic mass is 35.5. The summed E-state index contributed by atoms with van der Waals surface area (Å²) in [5.41, 5.74) is 3.27. The topological polar surface area (TPSA) is 26.0 Å². The van der Waals surface area contributed by atoms with Crippen LogP contribution >= 0.6 is 11.6 Å². The van der Waals surface area contributed by atoms with E-state index in [2.05, 4.69) is 24.2 Å². The van der Waals surface area contributed by atoms with Crippen LogP contribution in [0, 0.1) is 0 Å². The van der Waals surface area contributed by atoms with Gasteiger partial charge in [-0.25, -0.2) is 0 Å². The largest absolute Gasteiger partial charge is 0.356 e. The molecule has 0 radical (unpaired) electrons. The van der Waals surface area contributed by atoms with E-state index in [1.165, 1.54) is 5.56 Å². The van der Waals surface area contributed by atoms with Crippen molar-refractivity contribution >= 4 is 11.6 Å². The van der Waals surface area contributed by atoms with Gasteiger partial charge in [-0.15, -0.1) is 11.6 Å². The lowest BCUT2D eigenvalue weighted by atomic mass is 10.1. The third kappa shape index (κ3) is 2.05. The number of aryl methyl sites for hydroxylation is 1. The quantitative estimate of drug-likeness (QED) is 0.740. The molecule has 2 rings (SSSR count). The summed E-state index contributed by atoms with van der Waals surface area (Å²) in [6.45, 7) is 2.13. The molecule has 0 aliphatic carbocycles. The van der Waals surface area contributed by atoms with Gasteiger partial charge < -0.3 is 4.52 Å². The maximum absolute atomic E-state index is 5.78. The second-order valence-corrected chi connectivity index (χ2v) is 3.63. The Morgan fingerprint density at radius 1 is 1.27 bits per heavy atom. The fourth-order valence-electron chi connectivity index (χ4n) is 1.49. The monoisotopic (exact) mass is 221 g/mol. The van der Waals surface area contributed by atoms with E-state index in [1.807, 2.05) is 12.1 Å². The van der Waals surface area contributed by atoms with Crippen molar-refractivity contribution in [3.63, 3.8) is 0 Å². The molecule has 1 aromatic heterocycles. The molecule has 0 fully saturated rings. The van der Waals surface area contributed by atoms with Crippen LogP contribution in [0.4, 0.5) is 0 Å². The molecule has 15 heavy (non-hydrogen) atoms. The number of nitrogens with zero attached hydrogens (tertiary/aromatic N) is 1. The lowest BCUT2D eigenvalue weighted by molar-refractivity contribution is 0.432. The minimum atomic E-state index is 0.425. The smallest absolute Gasteiger partial charge is 0.171 e. The first-order valence-electron chi connectivity index (χ1n) is 4.94. The van der Waals surface area contributed by atoms with E-state index >= 15 is 0 Å². The first-order valence-corrected chi connectivity index (χ1v) is 5.47. The van der Waals surface area contributed by atoms with E-state index in [9.17, 15) is 0 Å². The third-order valence-electron chi connectivity index (χ3n) is 2.41. The Kier molecular flexibility index (Phi) is 3.07. The van der Waals surface area contributed by atoms with E-state index in [0.29, 0.717) is 5.88 Å². The molecule has 0 saturated carbocycles. The molecular weight excluding hydrogens is 210 g/mol. The van der Waals surface area contributed by atoms with Gasteiger partial charge in [0.05, 0.1) is 12.1 Å². The van der Waals surface area contributed by atoms with Crippen LogP contribution in [0.2, 0.25) is 0 Å². The van der Waals surface area contributed by atoms with Gasteiger partial charge in [0, 0.05) is 11.1 Å². The van der Waals surface area contributed by atoms with Crippen LogP contribution < -0.4 is 0 Å². The number of rotatable bonds is 3. The number of hydrogen-bond acceptors (Lipinski definition) is 2. The van der Waals surface area contributed by atoms with E-state index in [-0.39, 0.29) is 0 Å². The zero-order chi connectivity index (χ0) is 10.7. The highest BCUT2D eigenvalue weighted by Crippen LogP contribution is 2.24. The lowest BCUT2D eigenvalue weighted by Gasteiger charge is -2.00. The molecule has 0 unspecified atom stereocenters. The molecule has 2 nitrogen and oxygen atoms in total. The van der Waals surface area contributed by atoms with Gasteiger partial charge in [0.2, 0.25) is 0 Å². The Hall–Kier alpha value is -1.28. The highest BCUT2D eigenvalue weighted by Gasteiger charge is 2.08. The lowest BCUT2D eigenvalue weighted by Crippen LogP contribution is -1.82. The summed E-state index contributed by atoms with van der Waals surface area (Å²) in [6.07, 6.45) is 2.70. The van der Waals surface area contributed by atoms with Crippen molar-refractivity contribution in [3.05, 3.63) is 41.6 Å². The zero-order valence-corrected chi connectivity index (χ0v) is 9.29. The van der Waals surface area contributed by atoms with Crippen molar-refractivity contribution in [2.45, 2.75) is 19.2 Å². The second-order valence-electron chi connectivity index (χ2n) is 3.36. The third-order valence-corrected chi connectivity index (χ3v) is 2.70. The van der Waals surface area contributed by atoms with Crippen molar-refractivity contribution in [2.24, 2.45) is 0 Å². The highest BCUT2D eigenvalue weighted by molar-refractivity contribution is 6.17. The number of aromatic nitrogens is 1. The van der Waals surface area contributed by atoms with Crippen LogP contribution in [-0.2, 0) is 12.3 Å². The van der Waals surface area contributed by atoms with Crippen molar-refractivity contribution in [2.75, 3.05) is 0 Å². The summed E-state index contributed by atoms with van der Waals surface area (Å²) in [7, 11) is 0. The molecule has 2 aromatic rings. The van der Waals surface area contributed by atoms with Crippen LogP contribution in [0.25, 0.3) is 11.3 Å².